The molecule has 1 aromatic heterocycles. The molecule has 0 saturated carbocycles. The molecule has 1 aromatic carbocycles. The highest BCUT2D eigenvalue weighted by Gasteiger charge is 2.21. The molecule has 0 aliphatic carbocycles. The zero-order valence-electron chi connectivity index (χ0n) is 12.7. The van der Waals surface area contributed by atoms with Gasteiger partial charge in [0.1, 0.15) is 5.69 Å². The summed E-state index contributed by atoms with van der Waals surface area (Å²) in [6.45, 7) is 3.94. The summed E-state index contributed by atoms with van der Waals surface area (Å²) < 4.78 is 1.36. The summed E-state index contributed by atoms with van der Waals surface area (Å²) in [5.74, 6) is -0.0878. The second kappa shape index (κ2) is 6.13. The van der Waals surface area contributed by atoms with Crippen LogP contribution < -0.4 is 5.56 Å². The van der Waals surface area contributed by atoms with Gasteiger partial charge in [-0.1, -0.05) is 29.8 Å². The summed E-state index contributed by atoms with van der Waals surface area (Å²) in [6.07, 6.45) is 2.07. The molecule has 114 valence electrons. The van der Waals surface area contributed by atoms with Crippen molar-refractivity contribution in [2.75, 3.05) is 13.1 Å². The van der Waals surface area contributed by atoms with Crippen LogP contribution in [0.2, 0.25) is 0 Å². The molecular weight excluding hydrogens is 278 g/mol. The Hall–Kier alpha value is -2.43. The Kier molecular flexibility index (Phi) is 4.04. The Morgan fingerprint density at radius 1 is 1.09 bits per heavy atom. The third kappa shape index (κ3) is 3.08. The standard InChI is InChI=1S/C17H19N3O2/c1-13-4-6-14(7-5-13)12-20-16(21)9-8-15(18-20)17(22)19-10-2-3-11-19/h4-9H,2-3,10-12H2,1H3. The highest BCUT2D eigenvalue weighted by atomic mass is 16.2. The molecule has 22 heavy (non-hydrogen) atoms. The topological polar surface area (TPSA) is 55.2 Å². The maximum Gasteiger partial charge on any atom is 0.274 e. The minimum atomic E-state index is -0.196. The Morgan fingerprint density at radius 3 is 2.45 bits per heavy atom. The van der Waals surface area contributed by atoms with Crippen LogP contribution in [0.4, 0.5) is 0 Å². The molecule has 0 atom stereocenters. The summed E-state index contributed by atoms with van der Waals surface area (Å²) >= 11 is 0. The van der Waals surface area contributed by atoms with Gasteiger partial charge in [0.05, 0.1) is 6.54 Å². The lowest BCUT2D eigenvalue weighted by Crippen LogP contribution is -2.32. The van der Waals surface area contributed by atoms with Crippen LogP contribution in [0.25, 0.3) is 0 Å². The van der Waals surface area contributed by atoms with Gasteiger partial charge in [0.2, 0.25) is 0 Å². The quantitative estimate of drug-likeness (QED) is 0.868. The fourth-order valence-corrected chi connectivity index (χ4v) is 2.62. The number of nitrogens with zero attached hydrogens (tertiary/aromatic N) is 3. The number of benzene rings is 1. The average Bonchev–Trinajstić information content (AvgIpc) is 3.05. The molecule has 1 fully saturated rings. The Morgan fingerprint density at radius 2 is 1.77 bits per heavy atom. The van der Waals surface area contributed by atoms with Gasteiger partial charge in [0.25, 0.3) is 11.5 Å². The van der Waals surface area contributed by atoms with Gasteiger partial charge in [-0.05, 0) is 31.4 Å². The van der Waals surface area contributed by atoms with Crippen molar-refractivity contribution < 1.29 is 4.79 Å². The molecular formula is C17H19N3O2. The number of amides is 1. The highest BCUT2D eigenvalue weighted by molar-refractivity contribution is 5.92. The van der Waals surface area contributed by atoms with Crippen LogP contribution in [0.5, 0.6) is 0 Å². The summed E-state index contributed by atoms with van der Waals surface area (Å²) in [5.41, 5.74) is 2.31. The fourth-order valence-electron chi connectivity index (χ4n) is 2.62. The van der Waals surface area contributed by atoms with Crippen LogP contribution in [0.3, 0.4) is 0 Å². The first kappa shape index (κ1) is 14.5. The fraction of sp³-hybridized carbons (Fsp3) is 0.353. The maximum atomic E-state index is 12.4. The summed E-state index contributed by atoms with van der Waals surface area (Å²) in [7, 11) is 0. The Labute approximate surface area is 129 Å². The van der Waals surface area contributed by atoms with Crippen molar-refractivity contribution in [2.24, 2.45) is 0 Å². The number of carbonyl (C=O) groups is 1. The number of aryl methyl sites for hydroxylation is 1. The van der Waals surface area contributed by atoms with Gasteiger partial charge < -0.3 is 4.90 Å². The van der Waals surface area contributed by atoms with Gasteiger partial charge in [0, 0.05) is 19.2 Å². The minimum Gasteiger partial charge on any atom is -0.337 e. The van der Waals surface area contributed by atoms with Crippen LogP contribution in [0.15, 0.2) is 41.2 Å². The molecule has 2 heterocycles. The molecule has 5 nitrogen and oxygen atoms in total. The van der Waals surface area contributed by atoms with Crippen LogP contribution in [0.1, 0.15) is 34.5 Å². The number of aromatic nitrogens is 2. The van der Waals surface area contributed by atoms with E-state index in [1.54, 1.807) is 4.90 Å². The summed E-state index contributed by atoms with van der Waals surface area (Å²) in [5, 5.41) is 4.25. The van der Waals surface area contributed by atoms with Gasteiger partial charge >= 0.3 is 0 Å². The van der Waals surface area contributed by atoms with E-state index in [1.165, 1.54) is 22.4 Å². The predicted molar refractivity (Wildman–Crippen MR) is 83.9 cm³/mol. The van der Waals surface area contributed by atoms with E-state index in [-0.39, 0.29) is 11.5 Å². The molecule has 1 saturated heterocycles. The lowest BCUT2D eigenvalue weighted by Gasteiger charge is -2.15. The number of carbonyl (C=O) groups excluding carboxylic acids is 1. The molecule has 1 amide bonds. The van der Waals surface area contributed by atoms with Crippen molar-refractivity contribution >= 4 is 5.91 Å². The van der Waals surface area contributed by atoms with E-state index in [0.717, 1.165) is 31.5 Å². The van der Waals surface area contributed by atoms with E-state index >= 15 is 0 Å². The lowest BCUT2D eigenvalue weighted by atomic mass is 10.1. The Balaban J connectivity index is 1.84. The van der Waals surface area contributed by atoms with Crippen molar-refractivity contribution in [3.63, 3.8) is 0 Å². The van der Waals surface area contributed by atoms with E-state index in [9.17, 15) is 9.59 Å². The van der Waals surface area contributed by atoms with Gasteiger partial charge in [-0.3, -0.25) is 9.59 Å². The predicted octanol–water partition coefficient (Wildman–Crippen LogP) is 1.84. The van der Waals surface area contributed by atoms with E-state index in [0.29, 0.717) is 12.2 Å². The first-order valence-corrected chi connectivity index (χ1v) is 7.56. The van der Waals surface area contributed by atoms with Gasteiger partial charge in [-0.25, -0.2) is 4.68 Å². The number of rotatable bonds is 3. The SMILES string of the molecule is Cc1ccc(Cn2nc(C(=O)N3CCCC3)ccc2=O)cc1. The first-order valence-electron chi connectivity index (χ1n) is 7.56. The first-order chi connectivity index (χ1) is 10.6. The second-order valence-corrected chi connectivity index (χ2v) is 5.70. The summed E-state index contributed by atoms with van der Waals surface area (Å²) in [4.78, 5) is 26.1. The van der Waals surface area contributed by atoms with Crippen molar-refractivity contribution in [1.29, 1.82) is 0 Å². The van der Waals surface area contributed by atoms with Crippen LogP contribution >= 0.6 is 0 Å². The Bertz CT molecular complexity index is 728. The molecule has 1 aliphatic rings. The monoisotopic (exact) mass is 297 g/mol. The largest absolute Gasteiger partial charge is 0.337 e. The third-order valence-electron chi connectivity index (χ3n) is 3.93. The molecule has 0 spiro atoms. The van der Waals surface area contributed by atoms with E-state index in [1.807, 2.05) is 31.2 Å². The van der Waals surface area contributed by atoms with E-state index in [2.05, 4.69) is 5.10 Å². The zero-order valence-corrected chi connectivity index (χ0v) is 12.7. The van der Waals surface area contributed by atoms with Gasteiger partial charge in [-0.15, -0.1) is 0 Å². The average molecular weight is 297 g/mol. The number of hydrogen-bond acceptors (Lipinski definition) is 3. The third-order valence-corrected chi connectivity index (χ3v) is 3.93. The van der Waals surface area contributed by atoms with E-state index in [4.69, 9.17) is 0 Å². The van der Waals surface area contributed by atoms with Crippen LogP contribution in [-0.2, 0) is 6.54 Å². The lowest BCUT2D eigenvalue weighted by molar-refractivity contribution is 0.0784. The number of likely N-dealkylation sites (tertiary alicyclic amines) is 1. The van der Waals surface area contributed by atoms with Gasteiger partial charge in [0.15, 0.2) is 0 Å². The highest BCUT2D eigenvalue weighted by Crippen LogP contribution is 2.11. The molecule has 0 N–H and O–H groups in total. The van der Waals surface area contributed by atoms with E-state index < -0.39 is 0 Å². The number of hydrogen-bond donors (Lipinski definition) is 0. The van der Waals surface area contributed by atoms with Crippen molar-refractivity contribution in [3.05, 3.63) is 63.6 Å². The molecule has 3 rings (SSSR count). The van der Waals surface area contributed by atoms with Crippen molar-refractivity contribution in [3.8, 4) is 0 Å². The molecule has 1 aliphatic heterocycles. The second-order valence-electron chi connectivity index (χ2n) is 5.70. The smallest absolute Gasteiger partial charge is 0.274 e. The van der Waals surface area contributed by atoms with Crippen LogP contribution in [0, 0.1) is 6.92 Å². The zero-order chi connectivity index (χ0) is 15.5. The van der Waals surface area contributed by atoms with Gasteiger partial charge in [-0.2, -0.15) is 5.10 Å². The molecule has 2 aromatic rings. The molecule has 0 bridgehead atoms. The minimum absolute atomic E-state index is 0.0878. The van der Waals surface area contributed by atoms with Crippen molar-refractivity contribution in [2.45, 2.75) is 26.3 Å². The normalized spacial score (nSPS) is 14.3. The molecule has 5 heteroatoms. The molecule has 0 unspecified atom stereocenters. The molecule has 0 radical (unpaired) electrons. The van der Waals surface area contributed by atoms with Crippen LogP contribution in [-0.4, -0.2) is 33.7 Å². The summed E-state index contributed by atoms with van der Waals surface area (Å²) in [6, 6.07) is 10.9. The maximum absolute atomic E-state index is 12.4. The van der Waals surface area contributed by atoms with Crippen molar-refractivity contribution in [1.82, 2.24) is 14.7 Å².